The van der Waals surface area contributed by atoms with E-state index in [1.54, 1.807) is 18.7 Å². The summed E-state index contributed by atoms with van der Waals surface area (Å²) < 4.78 is 6.22. The molecule has 0 fully saturated rings. The lowest BCUT2D eigenvalue weighted by Crippen LogP contribution is -2.17. The van der Waals surface area contributed by atoms with E-state index < -0.39 is 5.63 Å². The Morgan fingerprint density at radius 1 is 1.19 bits per heavy atom. The summed E-state index contributed by atoms with van der Waals surface area (Å²) in [5, 5.41) is 10.4. The Balaban J connectivity index is 1.90. The number of rotatable bonds is 2. The summed E-state index contributed by atoms with van der Waals surface area (Å²) in [6, 6.07) is 17.3. The largest absolute Gasteiger partial charge is 0.507 e. The number of aromatic hydroxyl groups is 1. The summed E-state index contributed by atoms with van der Waals surface area (Å²) in [5.74, 6) is 0.269. The summed E-state index contributed by atoms with van der Waals surface area (Å²) in [6.45, 7) is 1.63. The fourth-order valence-electron chi connectivity index (χ4n) is 3.14. The van der Waals surface area contributed by atoms with Crippen LogP contribution < -0.4 is 5.63 Å². The van der Waals surface area contributed by atoms with Crippen LogP contribution in [0.3, 0.4) is 0 Å². The second-order valence-corrected chi connectivity index (χ2v) is 8.36. The van der Waals surface area contributed by atoms with Gasteiger partial charge >= 0.3 is 5.63 Å². The van der Waals surface area contributed by atoms with Crippen molar-refractivity contribution in [1.82, 2.24) is 0 Å². The number of benzene rings is 2. The quantitative estimate of drug-likeness (QED) is 0.547. The number of halogens is 1. The predicted octanol–water partition coefficient (Wildman–Crippen LogP) is 5.77. The highest BCUT2D eigenvalue weighted by atomic mass is 79.9. The summed E-state index contributed by atoms with van der Waals surface area (Å²) in [7, 11) is 0. The van der Waals surface area contributed by atoms with Crippen LogP contribution in [0.5, 0.6) is 5.75 Å². The van der Waals surface area contributed by atoms with Crippen LogP contribution in [0.1, 0.15) is 28.6 Å². The maximum Gasteiger partial charge on any atom is 0.348 e. The minimum Gasteiger partial charge on any atom is -0.507 e. The summed E-state index contributed by atoms with van der Waals surface area (Å²) in [4.78, 5) is 18.2. The molecule has 1 aromatic heterocycles. The first kappa shape index (κ1) is 18.1. The van der Waals surface area contributed by atoms with Crippen molar-refractivity contribution in [2.75, 3.05) is 0 Å². The molecule has 1 aliphatic rings. The molecule has 3 aromatic rings. The monoisotopic (exact) mass is 441 g/mol. The van der Waals surface area contributed by atoms with E-state index in [0.29, 0.717) is 17.9 Å². The highest BCUT2D eigenvalue weighted by Gasteiger charge is 2.27. The van der Waals surface area contributed by atoms with Crippen LogP contribution in [0.2, 0.25) is 0 Å². The zero-order valence-corrected chi connectivity index (χ0v) is 16.9. The topological polar surface area (TPSA) is 62.8 Å². The molecule has 0 bridgehead atoms. The molecule has 27 heavy (non-hydrogen) atoms. The molecule has 1 atom stereocenters. The molecule has 1 aliphatic heterocycles. The lowest BCUT2D eigenvalue weighted by atomic mass is 10.0. The van der Waals surface area contributed by atoms with E-state index in [9.17, 15) is 9.90 Å². The maximum atomic E-state index is 12.5. The zero-order chi connectivity index (χ0) is 19.0. The number of aryl methyl sites for hydroxylation is 1. The van der Waals surface area contributed by atoms with Crippen LogP contribution in [0, 0.1) is 6.92 Å². The summed E-state index contributed by atoms with van der Waals surface area (Å²) in [5.41, 5.74) is 1.99. The molecule has 136 valence electrons. The van der Waals surface area contributed by atoms with Gasteiger partial charge < -0.3 is 9.52 Å². The molecule has 0 saturated carbocycles. The maximum absolute atomic E-state index is 12.5. The first-order chi connectivity index (χ1) is 13.0. The van der Waals surface area contributed by atoms with E-state index in [4.69, 9.17) is 9.41 Å². The van der Waals surface area contributed by atoms with E-state index in [0.717, 1.165) is 20.6 Å². The number of para-hydroxylation sites is 1. The number of aliphatic imine (C=N–C) groups is 1. The molecule has 0 saturated heterocycles. The van der Waals surface area contributed by atoms with E-state index in [1.165, 1.54) is 6.07 Å². The van der Waals surface area contributed by atoms with E-state index in [-0.39, 0.29) is 16.6 Å². The van der Waals surface area contributed by atoms with Crippen molar-refractivity contribution in [2.24, 2.45) is 4.99 Å². The second kappa shape index (κ2) is 7.37. The van der Waals surface area contributed by atoms with Crippen LogP contribution in [0.4, 0.5) is 5.69 Å². The van der Waals surface area contributed by atoms with Crippen LogP contribution in [0.25, 0.3) is 0 Å². The Hall–Kier alpha value is -2.31. The highest BCUT2D eigenvalue weighted by Crippen LogP contribution is 2.47. The van der Waals surface area contributed by atoms with Gasteiger partial charge in [0.2, 0.25) is 0 Å². The average molecular weight is 442 g/mol. The normalized spacial score (nSPS) is 16.4. The van der Waals surface area contributed by atoms with E-state index in [2.05, 4.69) is 22.0 Å². The molecule has 4 nitrogen and oxygen atoms in total. The average Bonchev–Trinajstić information content (AvgIpc) is 2.80. The number of thioether (sulfide) groups is 1. The smallest absolute Gasteiger partial charge is 0.348 e. The predicted molar refractivity (Wildman–Crippen MR) is 111 cm³/mol. The number of nitrogens with zero attached hydrogens (tertiary/aromatic N) is 1. The van der Waals surface area contributed by atoms with Gasteiger partial charge in [0.25, 0.3) is 0 Å². The standard InChI is InChI=1S/C21H16BrNO3S/c1-12-10-17(24)20(21(25)26-12)16-11-19(13-6-2-3-7-14(13)22)27-18-9-5-4-8-15(18)23-16/h2-10,19,24H,11H2,1H3. The molecular weight excluding hydrogens is 426 g/mol. The van der Waals surface area contributed by atoms with Gasteiger partial charge in [0.15, 0.2) is 0 Å². The number of hydrogen-bond acceptors (Lipinski definition) is 5. The van der Waals surface area contributed by atoms with Crippen molar-refractivity contribution in [3.05, 3.63) is 86.4 Å². The molecule has 6 heteroatoms. The Labute approximate surface area is 169 Å². The Morgan fingerprint density at radius 2 is 1.93 bits per heavy atom. The number of fused-ring (bicyclic) bond motifs is 1. The van der Waals surface area contributed by atoms with Gasteiger partial charge in [0.1, 0.15) is 17.1 Å². The molecule has 0 aliphatic carbocycles. The van der Waals surface area contributed by atoms with Crippen molar-refractivity contribution in [3.63, 3.8) is 0 Å². The van der Waals surface area contributed by atoms with Gasteiger partial charge in [-0.25, -0.2) is 4.79 Å². The fourth-order valence-corrected chi connectivity index (χ4v) is 5.12. The molecule has 1 unspecified atom stereocenters. The molecule has 0 spiro atoms. The third-order valence-electron chi connectivity index (χ3n) is 4.36. The first-order valence-electron chi connectivity index (χ1n) is 8.44. The van der Waals surface area contributed by atoms with Gasteiger partial charge in [-0.15, -0.1) is 11.8 Å². The minimum atomic E-state index is -0.568. The van der Waals surface area contributed by atoms with Gasteiger partial charge in [-0.2, -0.15) is 0 Å². The third kappa shape index (κ3) is 3.59. The Kier molecular flexibility index (Phi) is 4.93. The van der Waals surface area contributed by atoms with Gasteiger partial charge in [0.05, 0.1) is 11.4 Å². The molecule has 0 radical (unpaired) electrons. The summed E-state index contributed by atoms with van der Waals surface area (Å²) in [6.07, 6.45) is 0.489. The van der Waals surface area contributed by atoms with Gasteiger partial charge in [0, 0.05) is 27.1 Å². The van der Waals surface area contributed by atoms with E-state index >= 15 is 0 Å². The van der Waals surface area contributed by atoms with Crippen LogP contribution >= 0.6 is 27.7 Å². The Bertz CT molecular complexity index is 1110. The van der Waals surface area contributed by atoms with Crippen LogP contribution in [-0.4, -0.2) is 10.8 Å². The zero-order valence-electron chi connectivity index (χ0n) is 14.5. The SMILES string of the molecule is Cc1cc(O)c(C2=Nc3ccccc3SC(c3ccccc3Br)C2)c(=O)o1. The van der Waals surface area contributed by atoms with Crippen LogP contribution in [-0.2, 0) is 0 Å². The molecule has 4 rings (SSSR count). The second-order valence-electron chi connectivity index (χ2n) is 6.26. The van der Waals surface area contributed by atoms with Crippen molar-refractivity contribution in [3.8, 4) is 5.75 Å². The molecule has 2 heterocycles. The third-order valence-corrected chi connectivity index (χ3v) is 6.39. The van der Waals surface area contributed by atoms with Gasteiger partial charge in [-0.05, 0) is 30.7 Å². The number of hydrogen-bond donors (Lipinski definition) is 1. The highest BCUT2D eigenvalue weighted by molar-refractivity contribution is 9.10. The van der Waals surface area contributed by atoms with Crippen LogP contribution in [0.15, 0.2) is 78.2 Å². The van der Waals surface area contributed by atoms with Gasteiger partial charge in [-0.1, -0.05) is 46.3 Å². The molecule has 2 aromatic carbocycles. The van der Waals surface area contributed by atoms with Crippen molar-refractivity contribution in [1.29, 1.82) is 0 Å². The van der Waals surface area contributed by atoms with Crippen molar-refractivity contribution in [2.45, 2.75) is 23.5 Å². The lowest BCUT2D eigenvalue weighted by Gasteiger charge is -2.17. The van der Waals surface area contributed by atoms with Gasteiger partial charge in [-0.3, -0.25) is 4.99 Å². The van der Waals surface area contributed by atoms with Crippen molar-refractivity contribution >= 4 is 39.1 Å². The lowest BCUT2D eigenvalue weighted by molar-refractivity contribution is 0.432. The summed E-state index contributed by atoms with van der Waals surface area (Å²) >= 11 is 5.33. The first-order valence-corrected chi connectivity index (χ1v) is 10.1. The molecule has 0 amide bonds. The Morgan fingerprint density at radius 3 is 2.70 bits per heavy atom. The fraction of sp³-hybridized carbons (Fsp3) is 0.143. The van der Waals surface area contributed by atoms with E-state index in [1.807, 2.05) is 42.5 Å². The van der Waals surface area contributed by atoms with Crippen molar-refractivity contribution < 1.29 is 9.52 Å². The minimum absolute atomic E-state index is 0.0306. The molecular formula is C21H16BrNO3S. The molecule has 1 N–H and O–H groups in total.